The van der Waals surface area contributed by atoms with Crippen molar-refractivity contribution in [3.63, 3.8) is 0 Å². The lowest BCUT2D eigenvalue weighted by Gasteiger charge is -2.36. The lowest BCUT2D eigenvalue weighted by atomic mass is 10.1. The third-order valence-electron chi connectivity index (χ3n) is 2.94. The summed E-state index contributed by atoms with van der Waals surface area (Å²) in [5.41, 5.74) is 5.44. The Morgan fingerprint density at radius 1 is 1.25 bits per heavy atom. The Morgan fingerprint density at radius 3 is 2.35 bits per heavy atom. The minimum atomic E-state index is -3.41. The molecular weight excluding hydrogens is 292 g/mol. The van der Waals surface area contributed by atoms with Crippen molar-refractivity contribution in [1.29, 1.82) is 0 Å². The Morgan fingerprint density at radius 2 is 1.85 bits per heavy atom. The second-order valence-corrected chi connectivity index (χ2v) is 6.83. The number of hydrogen-bond acceptors (Lipinski definition) is 6. The van der Waals surface area contributed by atoms with E-state index in [1.807, 2.05) is 0 Å². The molecule has 9 nitrogen and oxygen atoms in total. The fourth-order valence-electron chi connectivity index (χ4n) is 2.04. The van der Waals surface area contributed by atoms with Crippen LogP contribution in [0.25, 0.3) is 0 Å². The number of carboxylic acids is 2. The second-order valence-electron chi connectivity index (χ2n) is 4.60. The molecule has 1 amide bonds. The van der Waals surface area contributed by atoms with E-state index in [2.05, 4.69) is 0 Å². The number of aliphatic carboxylic acids is 2. The number of rotatable bonds is 5. The molecule has 2 unspecified atom stereocenters. The molecule has 0 bridgehead atoms. The first-order valence-electron chi connectivity index (χ1n) is 5.82. The Hall–Kier alpha value is -1.68. The molecule has 20 heavy (non-hydrogen) atoms. The van der Waals surface area contributed by atoms with Crippen LogP contribution in [-0.2, 0) is 24.2 Å². The number of amides is 1. The lowest BCUT2D eigenvalue weighted by Crippen LogP contribution is -2.56. The molecule has 0 radical (unpaired) electrons. The minimum absolute atomic E-state index is 0.174. The van der Waals surface area contributed by atoms with Gasteiger partial charge in [0.1, 0.15) is 0 Å². The van der Waals surface area contributed by atoms with Crippen LogP contribution in [0.3, 0.4) is 0 Å². The van der Waals surface area contributed by atoms with E-state index >= 15 is 0 Å². The van der Waals surface area contributed by atoms with Crippen LogP contribution in [0.2, 0.25) is 0 Å². The molecule has 114 valence electrons. The summed E-state index contributed by atoms with van der Waals surface area (Å²) in [5, 5.41) is 17.3. The molecule has 0 spiro atoms. The van der Waals surface area contributed by atoms with E-state index in [0.29, 0.717) is 0 Å². The first-order valence-corrected chi connectivity index (χ1v) is 7.64. The maximum Gasteiger partial charge on any atom is 0.305 e. The van der Waals surface area contributed by atoms with Crippen molar-refractivity contribution < 1.29 is 33.0 Å². The van der Waals surface area contributed by atoms with Gasteiger partial charge in [0.15, 0.2) is 9.84 Å². The van der Waals surface area contributed by atoms with Crippen molar-refractivity contribution in [3.05, 3.63) is 0 Å². The normalized spacial score (nSPS) is 23.1. The summed E-state index contributed by atoms with van der Waals surface area (Å²) in [7, 11) is -3.41. The largest absolute Gasteiger partial charge is 0.481 e. The van der Waals surface area contributed by atoms with Crippen LogP contribution in [0.4, 0.5) is 0 Å². The summed E-state index contributed by atoms with van der Waals surface area (Å²) in [6.45, 7) is -0.174. The van der Waals surface area contributed by atoms with E-state index in [4.69, 9.17) is 15.9 Å². The van der Waals surface area contributed by atoms with Gasteiger partial charge in [-0.05, 0) is 0 Å². The van der Waals surface area contributed by atoms with Crippen LogP contribution in [0.15, 0.2) is 0 Å². The number of carboxylic acid groups (broad SMARTS) is 2. The highest BCUT2D eigenvalue weighted by atomic mass is 32.2. The molecule has 1 rings (SSSR count). The molecule has 4 N–H and O–H groups in total. The third kappa shape index (κ3) is 4.46. The second kappa shape index (κ2) is 6.18. The molecule has 0 aromatic heterocycles. The smallest absolute Gasteiger partial charge is 0.305 e. The van der Waals surface area contributed by atoms with Gasteiger partial charge in [-0.15, -0.1) is 0 Å². The van der Waals surface area contributed by atoms with Gasteiger partial charge in [-0.1, -0.05) is 0 Å². The first-order chi connectivity index (χ1) is 9.12. The number of sulfone groups is 1. The average Bonchev–Trinajstić information content (AvgIpc) is 2.25. The average molecular weight is 308 g/mol. The monoisotopic (exact) mass is 308 g/mol. The van der Waals surface area contributed by atoms with Gasteiger partial charge in [-0.25, -0.2) is 8.42 Å². The highest BCUT2D eigenvalue weighted by Crippen LogP contribution is 2.16. The fourth-order valence-corrected chi connectivity index (χ4v) is 3.56. The third-order valence-corrected chi connectivity index (χ3v) is 4.63. The molecule has 0 aromatic carbocycles. The van der Waals surface area contributed by atoms with Crippen molar-refractivity contribution in [2.45, 2.75) is 24.9 Å². The number of nitrogens with two attached hydrogens (primary N) is 1. The van der Waals surface area contributed by atoms with Crippen molar-refractivity contribution in [2.24, 2.45) is 5.73 Å². The highest BCUT2D eigenvalue weighted by Gasteiger charge is 2.37. The van der Waals surface area contributed by atoms with Gasteiger partial charge in [0, 0.05) is 6.54 Å². The number of hydrogen-bond donors (Lipinski definition) is 3. The number of carbonyl (C=O) groups is 3. The topological polar surface area (TPSA) is 155 Å². The summed E-state index contributed by atoms with van der Waals surface area (Å²) < 4.78 is 23.0. The lowest BCUT2D eigenvalue weighted by molar-refractivity contribution is -0.144. The SMILES string of the molecule is NC(CC(=O)O)C(=O)N1CCS(=O)(=O)CC1CC(=O)O. The number of nitrogens with zero attached hydrogens (tertiary/aromatic N) is 1. The molecule has 1 aliphatic rings. The Labute approximate surface area is 115 Å². The van der Waals surface area contributed by atoms with Gasteiger partial charge < -0.3 is 20.8 Å². The molecular formula is C10H16N2O7S. The number of carbonyl (C=O) groups excluding carboxylic acids is 1. The maximum absolute atomic E-state index is 12.0. The quantitative estimate of drug-likeness (QED) is 0.521. The summed E-state index contributed by atoms with van der Waals surface area (Å²) in [6, 6.07) is -2.33. The van der Waals surface area contributed by atoms with Crippen molar-refractivity contribution in [2.75, 3.05) is 18.1 Å². The Bertz CT molecular complexity index is 516. The van der Waals surface area contributed by atoms with Crippen LogP contribution in [0.1, 0.15) is 12.8 Å². The zero-order chi connectivity index (χ0) is 15.5. The van der Waals surface area contributed by atoms with E-state index in [0.717, 1.165) is 4.90 Å². The van der Waals surface area contributed by atoms with Crippen molar-refractivity contribution in [3.8, 4) is 0 Å². The van der Waals surface area contributed by atoms with Gasteiger partial charge in [0.2, 0.25) is 5.91 Å². The zero-order valence-corrected chi connectivity index (χ0v) is 11.4. The van der Waals surface area contributed by atoms with Crippen LogP contribution in [0, 0.1) is 0 Å². The Kier molecular flexibility index (Phi) is 5.06. The van der Waals surface area contributed by atoms with Gasteiger partial charge in [0.25, 0.3) is 0 Å². The van der Waals surface area contributed by atoms with E-state index in [-0.39, 0.29) is 12.3 Å². The predicted octanol–water partition coefficient (Wildman–Crippen LogP) is -2.11. The fraction of sp³-hybridized carbons (Fsp3) is 0.700. The van der Waals surface area contributed by atoms with Gasteiger partial charge >= 0.3 is 11.9 Å². The molecule has 1 aliphatic heterocycles. The summed E-state index contributed by atoms with van der Waals surface area (Å²) in [5.74, 6) is -3.98. The van der Waals surface area contributed by atoms with E-state index < -0.39 is 58.4 Å². The summed E-state index contributed by atoms with van der Waals surface area (Å²) in [4.78, 5) is 34.3. The van der Waals surface area contributed by atoms with Gasteiger partial charge in [-0.3, -0.25) is 14.4 Å². The summed E-state index contributed by atoms with van der Waals surface area (Å²) >= 11 is 0. The molecule has 10 heteroatoms. The van der Waals surface area contributed by atoms with Gasteiger partial charge in [-0.2, -0.15) is 0 Å². The van der Waals surface area contributed by atoms with Crippen LogP contribution < -0.4 is 5.73 Å². The van der Waals surface area contributed by atoms with E-state index in [1.54, 1.807) is 0 Å². The molecule has 1 fully saturated rings. The molecule has 0 aromatic rings. The Balaban J connectivity index is 2.87. The van der Waals surface area contributed by atoms with Crippen LogP contribution in [0.5, 0.6) is 0 Å². The first kappa shape index (κ1) is 16.4. The summed E-state index contributed by atoms with van der Waals surface area (Å²) in [6.07, 6.45) is -1.12. The van der Waals surface area contributed by atoms with Gasteiger partial charge in [0.05, 0.1) is 36.4 Å². The molecule has 1 saturated heterocycles. The molecule has 2 atom stereocenters. The molecule has 0 saturated carbocycles. The molecule has 1 heterocycles. The minimum Gasteiger partial charge on any atom is -0.481 e. The predicted molar refractivity (Wildman–Crippen MR) is 66.6 cm³/mol. The standard InChI is InChI=1S/C10H16N2O7S/c11-7(4-9(15)16)10(17)12-1-2-20(18,19)5-6(12)3-8(13)14/h6-7H,1-5,11H2,(H,13,14)(H,15,16). The van der Waals surface area contributed by atoms with E-state index in [9.17, 15) is 22.8 Å². The van der Waals surface area contributed by atoms with Crippen molar-refractivity contribution in [1.82, 2.24) is 4.90 Å². The molecule has 0 aliphatic carbocycles. The zero-order valence-electron chi connectivity index (χ0n) is 10.6. The van der Waals surface area contributed by atoms with Crippen LogP contribution >= 0.6 is 0 Å². The maximum atomic E-state index is 12.0. The van der Waals surface area contributed by atoms with Crippen LogP contribution in [-0.4, -0.2) is 71.5 Å². The highest BCUT2D eigenvalue weighted by molar-refractivity contribution is 7.91. The van der Waals surface area contributed by atoms with Crippen molar-refractivity contribution >= 4 is 27.7 Å². The van der Waals surface area contributed by atoms with E-state index in [1.165, 1.54) is 0 Å².